The fourth-order valence-electron chi connectivity index (χ4n) is 12.0. The Morgan fingerprint density at radius 3 is 1.48 bits per heavy atom. The summed E-state index contributed by atoms with van der Waals surface area (Å²) >= 11 is 19.0. The number of methoxy groups -OCH3 is 1. The molecule has 6 aliphatic heterocycles. The fraction of sp³-hybridized carbons (Fsp3) is 0.683. The molecule has 504 valence electrons. The summed E-state index contributed by atoms with van der Waals surface area (Å²) in [6.07, 6.45) is 11.8. The maximum atomic E-state index is 13.2. The quantitative estimate of drug-likeness (QED) is 0.0342. The highest BCUT2D eigenvalue weighted by molar-refractivity contribution is 8.34. The molecule has 10 unspecified atom stereocenters. The molecule has 4 fully saturated rings. The van der Waals surface area contributed by atoms with Crippen molar-refractivity contribution >= 4 is 85.5 Å². The van der Waals surface area contributed by atoms with Crippen LogP contribution in [0.1, 0.15) is 189 Å². The number of fused-ring (bicyclic) bond motifs is 6. The van der Waals surface area contributed by atoms with Gasteiger partial charge in [-0.25, -0.2) is 4.79 Å². The molecule has 9 rings (SSSR count). The number of rotatable bonds is 21. The lowest BCUT2D eigenvalue weighted by atomic mass is 9.77. The molecule has 0 radical (unpaired) electrons. The van der Waals surface area contributed by atoms with E-state index in [0.29, 0.717) is 51.7 Å². The maximum absolute atomic E-state index is 13.2. The van der Waals surface area contributed by atoms with E-state index in [4.69, 9.17) is 98.9 Å². The van der Waals surface area contributed by atoms with E-state index < -0.39 is 37.6 Å². The molecule has 26 heteroatoms. The Labute approximate surface area is 550 Å². The van der Waals surface area contributed by atoms with Crippen molar-refractivity contribution < 1.29 is 85.2 Å². The first-order chi connectivity index (χ1) is 41.5. The van der Waals surface area contributed by atoms with E-state index in [1.54, 1.807) is 31.4 Å². The van der Waals surface area contributed by atoms with E-state index >= 15 is 0 Å². The number of benzene rings is 3. The number of ketones is 1. The molecule has 89 heavy (non-hydrogen) atoms. The van der Waals surface area contributed by atoms with E-state index in [2.05, 4.69) is 6.92 Å². The van der Waals surface area contributed by atoms with Gasteiger partial charge in [0, 0.05) is 74.1 Å². The SMILES string of the molecule is CC[C@H]1O[C@@H](C)CC1OP(C)(=O)[S-].CC[C@H]1O[C@@H](C)CC1OP(C)([O-])=S.CC[C@H]1O[C@@H](C)CC1OP(C)([O-])=S.CC[C@H]1O[C@@H](C)CC1OP(C)([O-])=S.COCC(C)CCCCCC(=O)c1ccc2c(c1)C(=O)OC21c2ccc(C)cc2Oc2cc(O)ccc21. The van der Waals surface area contributed by atoms with Gasteiger partial charge in [0.15, 0.2) is 11.4 Å². The van der Waals surface area contributed by atoms with Gasteiger partial charge in [-0.1, -0.05) is 107 Å². The molecular formula is C63H96O18P4S4-4. The summed E-state index contributed by atoms with van der Waals surface area (Å²) in [6, 6.07) is 15.8. The van der Waals surface area contributed by atoms with Crippen molar-refractivity contribution in [3.05, 3.63) is 88.0 Å². The average Bonchev–Trinajstić information content (AvgIpc) is 2.00. The monoisotopic (exact) mass is 1390 g/mol. The third kappa shape index (κ3) is 24.3. The lowest BCUT2D eigenvalue weighted by molar-refractivity contribution is -0.186. The van der Waals surface area contributed by atoms with Crippen LogP contribution in [0.15, 0.2) is 54.6 Å². The number of aromatic hydroxyl groups is 1. The third-order valence-electron chi connectivity index (χ3n) is 15.8. The first-order valence-corrected chi connectivity index (χ1v) is 43.4. The number of carbonyl (C=O) groups excluding carboxylic acids is 2. The second-order valence-electron chi connectivity index (χ2n) is 24.4. The number of ether oxygens (including phenoxy) is 7. The van der Waals surface area contributed by atoms with Crippen molar-refractivity contribution in [1.82, 2.24) is 0 Å². The number of esters is 1. The van der Waals surface area contributed by atoms with Gasteiger partial charge in [-0.15, -0.1) is 0 Å². The molecule has 3 aromatic rings. The van der Waals surface area contributed by atoms with Crippen molar-refractivity contribution in [2.45, 2.75) is 232 Å². The van der Waals surface area contributed by atoms with Crippen LogP contribution >= 0.6 is 26.0 Å². The zero-order valence-electron chi connectivity index (χ0n) is 54.4. The van der Waals surface area contributed by atoms with Crippen LogP contribution in [0.2, 0.25) is 0 Å². The minimum atomic E-state index is -2.79. The van der Waals surface area contributed by atoms with Crippen molar-refractivity contribution in [3.8, 4) is 17.2 Å². The molecule has 0 aliphatic carbocycles. The second kappa shape index (κ2) is 34.9. The lowest BCUT2D eigenvalue weighted by Crippen LogP contribution is -2.33. The van der Waals surface area contributed by atoms with Crippen molar-refractivity contribution in [1.29, 1.82) is 0 Å². The van der Waals surface area contributed by atoms with Crippen LogP contribution in [0.4, 0.5) is 0 Å². The van der Waals surface area contributed by atoms with Crippen molar-refractivity contribution in [2.75, 3.05) is 40.4 Å². The van der Waals surface area contributed by atoms with Gasteiger partial charge in [-0.05, 0) is 155 Å². The third-order valence-corrected chi connectivity index (χ3v) is 19.4. The number of aryl methyl sites for hydroxylation is 1. The molecule has 6 heterocycles. The number of Topliss-reactive ketones (excluding diaryl/α,β-unsaturated/α-hetero) is 1. The molecule has 0 bridgehead atoms. The summed E-state index contributed by atoms with van der Waals surface area (Å²) in [5, 5.41) is 10.1. The molecule has 18 nitrogen and oxygen atoms in total. The molecule has 0 aromatic heterocycles. The summed E-state index contributed by atoms with van der Waals surface area (Å²) in [5.41, 5.74) is 2.70. The lowest BCUT2D eigenvalue weighted by Gasteiger charge is -2.36. The predicted octanol–water partition coefficient (Wildman–Crippen LogP) is 12.8. The minimum absolute atomic E-state index is 0.0230. The van der Waals surface area contributed by atoms with Crippen LogP contribution < -0.4 is 19.4 Å². The molecule has 6 aliphatic rings. The van der Waals surface area contributed by atoms with Gasteiger partial charge >= 0.3 is 5.97 Å². The second-order valence-corrected chi connectivity index (χ2v) is 39.3. The van der Waals surface area contributed by atoms with Gasteiger partial charge in [0.25, 0.3) is 0 Å². The van der Waals surface area contributed by atoms with Crippen LogP contribution in [-0.2, 0) is 104 Å². The molecule has 1 spiro atoms. The predicted molar refractivity (Wildman–Crippen MR) is 358 cm³/mol. The van der Waals surface area contributed by atoms with Crippen LogP contribution in [0.3, 0.4) is 0 Å². The zero-order valence-corrected chi connectivity index (χ0v) is 61.3. The molecule has 0 saturated carbocycles. The highest BCUT2D eigenvalue weighted by Gasteiger charge is 2.54. The largest absolute Gasteiger partial charge is 0.801 e. The Morgan fingerprint density at radius 2 is 1.07 bits per heavy atom. The summed E-state index contributed by atoms with van der Waals surface area (Å²) < 4.78 is 72.3. The summed E-state index contributed by atoms with van der Waals surface area (Å²) in [6.45, 7) is 15.7. The van der Waals surface area contributed by atoms with Gasteiger partial charge in [0.05, 0.1) is 85.4 Å². The molecular weight excluding hydrogens is 1300 g/mol. The molecule has 3 aromatic carbocycles. The Morgan fingerprint density at radius 1 is 0.652 bits per heavy atom. The van der Waals surface area contributed by atoms with Crippen LogP contribution in [0.25, 0.3) is 0 Å². The molecule has 4 saturated heterocycles. The normalized spacial score (nSPS) is 30.2. The van der Waals surface area contributed by atoms with Crippen molar-refractivity contribution in [3.63, 3.8) is 0 Å². The van der Waals surface area contributed by atoms with Crippen LogP contribution in [-0.4, -0.2) is 130 Å². The van der Waals surface area contributed by atoms with E-state index in [1.807, 2.05) is 86.6 Å². The summed E-state index contributed by atoms with van der Waals surface area (Å²) in [4.78, 5) is 60.0. The standard InChI is InChI=1S/C31H32O6.4C8H17O3PS/c1-19-9-12-25-28(15-19)36-29-17-22(32)11-14-26(29)31(25)24-13-10-21(16-23(24)30(34)37-31)27(33)8-6-4-5-7-20(2)18-35-3;4*1-4-7-8(5-6(2)10-7)11-12(3,9)13/h9-17,20,32H,4-8,18H2,1-3H3;4*6-8H,4-5H2,1-3H3,(H,9,13)/p-4/t;4*6-,7+,8?,12?/m.0000/s1. The van der Waals surface area contributed by atoms with Gasteiger partial charge in [-0.2, -0.15) is 0 Å². The van der Waals surface area contributed by atoms with E-state index in [-0.39, 0.29) is 84.8 Å². The number of unbranched alkanes of at least 4 members (excludes halogenated alkanes) is 2. The fourth-order valence-corrected chi connectivity index (χ4v) is 16.2. The highest BCUT2D eigenvalue weighted by atomic mass is 32.7. The number of hydrogen-bond donors (Lipinski definition) is 1. The average molecular weight is 1390 g/mol. The first kappa shape index (κ1) is 78.1. The van der Waals surface area contributed by atoms with Crippen LogP contribution in [0.5, 0.6) is 17.2 Å². The van der Waals surface area contributed by atoms with Gasteiger partial charge in [0.2, 0.25) is 0 Å². The molecule has 0 amide bonds. The van der Waals surface area contributed by atoms with E-state index in [9.17, 15) is 33.9 Å². The Hall–Kier alpha value is -1.55. The number of phenolic OH excluding ortho intramolecular Hbond substituents is 1. The van der Waals surface area contributed by atoms with E-state index in [0.717, 1.165) is 89.2 Å². The maximum Gasteiger partial charge on any atom is 0.340 e. The zero-order chi connectivity index (χ0) is 66.4. The molecule has 18 atom stereocenters. The van der Waals surface area contributed by atoms with E-state index in [1.165, 1.54) is 32.7 Å². The van der Waals surface area contributed by atoms with Gasteiger partial charge < -0.3 is 87.9 Å². The topological polar surface area (TPSA) is 242 Å². The minimum Gasteiger partial charge on any atom is -0.801 e. The van der Waals surface area contributed by atoms with Crippen LogP contribution in [0, 0.1) is 12.8 Å². The number of hydrogen-bond acceptors (Lipinski definition) is 22. The molecule has 1 N–H and O–H groups in total. The summed E-state index contributed by atoms with van der Waals surface area (Å²) in [7, 11) is 1.72. The smallest absolute Gasteiger partial charge is 0.340 e. The number of phenols is 1. The first-order valence-electron chi connectivity index (χ1n) is 31.0. The highest BCUT2D eigenvalue weighted by Crippen LogP contribution is 2.57. The Balaban J connectivity index is 0.000000228. The Bertz CT molecular complexity index is 2750. The summed E-state index contributed by atoms with van der Waals surface area (Å²) in [5.74, 6) is 1.12. The van der Waals surface area contributed by atoms with Gasteiger partial charge in [-0.3, -0.25) is 4.79 Å². The number of carbonyl (C=O) groups is 2. The van der Waals surface area contributed by atoms with Gasteiger partial charge in [0.1, 0.15) is 17.2 Å². The van der Waals surface area contributed by atoms with Crippen molar-refractivity contribution in [2.24, 2.45) is 5.92 Å². The Kier molecular flexibility index (Phi) is 30.7.